The number of methoxy groups -OCH3 is 1. The molecule has 6 atom stereocenters. The van der Waals surface area contributed by atoms with Crippen molar-refractivity contribution in [1.29, 1.82) is 0 Å². The zero-order valence-electron chi connectivity index (χ0n) is 32.9. The van der Waals surface area contributed by atoms with Gasteiger partial charge >= 0.3 is 6.09 Å². The van der Waals surface area contributed by atoms with E-state index in [4.69, 9.17) is 33.7 Å². The number of hydrogen-bond acceptors (Lipinski definition) is 12. The lowest BCUT2D eigenvalue weighted by Gasteiger charge is -2.59. The van der Waals surface area contributed by atoms with Crippen molar-refractivity contribution in [1.82, 2.24) is 4.90 Å². The van der Waals surface area contributed by atoms with Gasteiger partial charge in [0.05, 0.1) is 51.8 Å². The van der Waals surface area contributed by atoms with Crippen LogP contribution < -0.4 is 9.47 Å². The molecular formula is C43H60N2O10S. The number of unbranched alkanes of at least 4 members (excludes halogenated alkanes) is 2. The highest BCUT2D eigenvalue weighted by atomic mass is 32.2. The Morgan fingerprint density at radius 2 is 1.82 bits per heavy atom. The number of carbonyl (C=O) groups excluding carboxylic acids is 1. The molecule has 1 fully saturated rings. The maximum Gasteiger partial charge on any atom is 0.410 e. The van der Waals surface area contributed by atoms with Crippen LogP contribution in [-0.4, -0.2) is 116 Å². The summed E-state index contributed by atoms with van der Waals surface area (Å²) in [6.07, 6.45) is 8.35. The molecule has 2 aliphatic carbocycles. The van der Waals surface area contributed by atoms with Gasteiger partial charge in [-0.05, 0) is 80.3 Å². The van der Waals surface area contributed by atoms with E-state index in [0.717, 1.165) is 48.3 Å². The Bertz CT molecular complexity index is 1590. The van der Waals surface area contributed by atoms with Gasteiger partial charge in [-0.2, -0.15) is 0 Å². The number of oxime groups is 1. The summed E-state index contributed by atoms with van der Waals surface area (Å²) in [5.41, 5.74) is 2.64. The van der Waals surface area contributed by atoms with Crippen LogP contribution in [0.25, 0.3) is 0 Å². The molecule has 1 aliphatic heterocycles. The number of carbonyl (C=O) groups is 1. The number of fused-ring (bicyclic) bond motifs is 2. The van der Waals surface area contributed by atoms with Gasteiger partial charge in [-0.3, -0.25) is 4.90 Å². The van der Waals surface area contributed by atoms with E-state index < -0.39 is 23.8 Å². The summed E-state index contributed by atoms with van der Waals surface area (Å²) in [4.78, 5) is 22.4. The average Bonchev–Trinajstić information content (AvgIpc) is 3.22. The molecule has 3 aliphatic rings. The van der Waals surface area contributed by atoms with Gasteiger partial charge in [0.1, 0.15) is 24.1 Å². The smallest absolute Gasteiger partial charge is 0.410 e. The predicted octanol–water partition coefficient (Wildman–Crippen LogP) is 6.59. The van der Waals surface area contributed by atoms with Gasteiger partial charge in [-0.25, -0.2) is 4.79 Å². The van der Waals surface area contributed by atoms with Crippen LogP contribution in [0.5, 0.6) is 11.5 Å². The number of aliphatic hydroxyl groups is 3. The van der Waals surface area contributed by atoms with E-state index in [1.54, 1.807) is 22.7 Å². The number of aliphatic hydroxyl groups excluding tert-OH is 3. The minimum absolute atomic E-state index is 0.0822. The molecule has 308 valence electrons. The van der Waals surface area contributed by atoms with Crippen molar-refractivity contribution in [2.24, 2.45) is 22.9 Å². The molecular weight excluding hydrogens is 737 g/mol. The number of amides is 1. The van der Waals surface area contributed by atoms with Gasteiger partial charge < -0.3 is 43.8 Å². The van der Waals surface area contributed by atoms with Gasteiger partial charge in [0, 0.05) is 48.3 Å². The lowest BCUT2D eigenvalue weighted by atomic mass is 9.55. The molecule has 0 radical (unpaired) electrons. The van der Waals surface area contributed by atoms with Crippen LogP contribution in [0.3, 0.4) is 0 Å². The van der Waals surface area contributed by atoms with E-state index in [2.05, 4.69) is 30.9 Å². The summed E-state index contributed by atoms with van der Waals surface area (Å²) in [6, 6.07) is 15.5. The normalized spacial score (nSPS) is 24.3. The van der Waals surface area contributed by atoms with Crippen LogP contribution in [0.1, 0.15) is 63.4 Å². The number of allylic oxidation sites excluding steroid dienone is 1. The van der Waals surface area contributed by atoms with E-state index >= 15 is 0 Å². The Morgan fingerprint density at radius 1 is 1.04 bits per heavy atom. The summed E-state index contributed by atoms with van der Waals surface area (Å²) in [6.45, 7) is 7.35. The Kier molecular flexibility index (Phi) is 17.4. The molecule has 3 N–H and O–H groups in total. The second kappa shape index (κ2) is 22.4. The summed E-state index contributed by atoms with van der Waals surface area (Å²) >= 11 is 1.74. The SMILES string of the molecule is C=CCOC12Oc3ccc(OCCSc4ccccc4)cc3C3C(CCCCO)C(CCCCO)C=C(C(=NOCC)CC1N(CCOCCO)C(=O)OC)C32. The van der Waals surface area contributed by atoms with E-state index in [0.29, 0.717) is 37.5 Å². The quantitative estimate of drug-likeness (QED) is 0.0458. The zero-order valence-corrected chi connectivity index (χ0v) is 33.7. The second-order valence-corrected chi connectivity index (χ2v) is 15.4. The monoisotopic (exact) mass is 796 g/mol. The molecule has 0 saturated heterocycles. The summed E-state index contributed by atoms with van der Waals surface area (Å²) in [7, 11) is 1.35. The van der Waals surface area contributed by atoms with Crippen molar-refractivity contribution in [2.45, 2.75) is 74.5 Å². The average molecular weight is 797 g/mol. The number of thioether (sulfide) groups is 1. The lowest BCUT2D eigenvalue weighted by molar-refractivity contribution is -0.255. The number of ether oxygens (including phenoxy) is 5. The summed E-state index contributed by atoms with van der Waals surface area (Å²) in [5.74, 6) is 0.302. The Balaban J connectivity index is 1.66. The molecule has 12 nitrogen and oxygen atoms in total. The van der Waals surface area contributed by atoms with Crippen molar-refractivity contribution in [3.8, 4) is 11.5 Å². The lowest BCUT2D eigenvalue weighted by Crippen LogP contribution is -2.70. The van der Waals surface area contributed by atoms with Crippen LogP contribution in [0.4, 0.5) is 4.79 Å². The van der Waals surface area contributed by atoms with Crippen LogP contribution in [0, 0.1) is 17.8 Å². The van der Waals surface area contributed by atoms with Crippen molar-refractivity contribution < 1.29 is 48.6 Å². The van der Waals surface area contributed by atoms with Gasteiger partial charge in [0.25, 0.3) is 0 Å². The molecule has 6 unspecified atom stereocenters. The molecule has 1 heterocycles. The summed E-state index contributed by atoms with van der Waals surface area (Å²) < 4.78 is 31.6. The first-order chi connectivity index (χ1) is 27.5. The molecule has 13 heteroatoms. The van der Waals surface area contributed by atoms with E-state index in [-0.39, 0.29) is 70.4 Å². The second-order valence-electron chi connectivity index (χ2n) is 14.2. The number of rotatable bonds is 24. The van der Waals surface area contributed by atoms with E-state index in [1.807, 2.05) is 37.3 Å². The van der Waals surface area contributed by atoms with Gasteiger partial charge in [-0.1, -0.05) is 48.3 Å². The maximum atomic E-state index is 13.8. The molecule has 0 spiro atoms. The highest BCUT2D eigenvalue weighted by Gasteiger charge is 2.65. The van der Waals surface area contributed by atoms with Crippen molar-refractivity contribution >= 4 is 23.6 Å². The molecule has 0 aromatic heterocycles. The Labute approximate surface area is 335 Å². The van der Waals surface area contributed by atoms with Gasteiger partial charge in [0.2, 0.25) is 5.79 Å². The minimum atomic E-state index is -1.41. The molecule has 56 heavy (non-hydrogen) atoms. The van der Waals surface area contributed by atoms with Crippen molar-refractivity contribution in [3.05, 3.63) is 78.4 Å². The van der Waals surface area contributed by atoms with Crippen LogP contribution in [-0.2, 0) is 19.0 Å². The first kappa shape index (κ1) is 43.5. The number of hydrogen-bond donors (Lipinski definition) is 3. The van der Waals surface area contributed by atoms with Crippen LogP contribution in [0.2, 0.25) is 0 Å². The Morgan fingerprint density at radius 3 is 2.54 bits per heavy atom. The molecule has 1 amide bonds. The van der Waals surface area contributed by atoms with Gasteiger partial charge in [-0.15, -0.1) is 18.3 Å². The fraction of sp³-hybridized carbons (Fsp3) is 0.581. The minimum Gasteiger partial charge on any atom is -0.493 e. The topological polar surface area (TPSA) is 149 Å². The fourth-order valence-electron chi connectivity index (χ4n) is 8.54. The third-order valence-electron chi connectivity index (χ3n) is 10.8. The third-order valence-corrected chi connectivity index (χ3v) is 11.8. The molecule has 5 rings (SSSR count). The molecule has 0 bridgehead atoms. The highest BCUT2D eigenvalue weighted by Crippen LogP contribution is 2.62. The fourth-order valence-corrected chi connectivity index (χ4v) is 9.29. The zero-order chi connectivity index (χ0) is 39.8. The number of nitrogens with zero attached hydrogens (tertiary/aromatic N) is 2. The highest BCUT2D eigenvalue weighted by molar-refractivity contribution is 7.99. The van der Waals surface area contributed by atoms with Crippen LogP contribution in [0.15, 0.2) is 82.9 Å². The predicted molar refractivity (Wildman–Crippen MR) is 216 cm³/mol. The van der Waals surface area contributed by atoms with E-state index in [1.165, 1.54) is 12.0 Å². The van der Waals surface area contributed by atoms with E-state index in [9.17, 15) is 20.1 Å². The third kappa shape index (κ3) is 10.5. The van der Waals surface area contributed by atoms with Crippen LogP contribution >= 0.6 is 11.8 Å². The first-order valence-corrected chi connectivity index (χ1v) is 21.0. The number of benzene rings is 2. The van der Waals surface area contributed by atoms with Gasteiger partial charge in [0.15, 0.2) is 0 Å². The molecule has 2 aromatic rings. The first-order valence-electron chi connectivity index (χ1n) is 20.0. The standard InChI is InChI=1S/C43H60N2O10S/c1-4-23-53-43-39(45(42(49)50-3)19-24-51-25-22-48)30-37(44-54-5-2)35-28-31(13-9-11-20-46)34(16-10-12-21-47)40(41(35)43)36-29-32(17-18-38(36)55-43)52-26-27-56-33-14-7-6-8-15-33/h4,6-8,14-15,17-18,28-29,31,34,39-41,46-48H,1,5,9-13,16,19-27,30H2,2-3H3. The van der Waals surface area contributed by atoms with Crippen molar-refractivity contribution in [2.75, 3.05) is 72.3 Å². The molecule has 1 saturated carbocycles. The molecule has 2 aromatic carbocycles. The Hall–Kier alpha value is -3.59. The van der Waals surface area contributed by atoms with Crippen molar-refractivity contribution in [3.63, 3.8) is 0 Å². The summed E-state index contributed by atoms with van der Waals surface area (Å²) in [5, 5.41) is 33.8. The largest absolute Gasteiger partial charge is 0.493 e. The maximum absolute atomic E-state index is 13.8.